The molecule has 2 aliphatic rings. The number of carbonyl (C=O) groups is 1. The highest BCUT2D eigenvalue weighted by atomic mass is 16.6. The Morgan fingerprint density at radius 2 is 2.05 bits per heavy atom. The van der Waals surface area contributed by atoms with Crippen LogP contribution in [0.1, 0.15) is 59.3 Å². The van der Waals surface area contributed by atoms with Crippen LogP contribution >= 0.6 is 0 Å². The van der Waals surface area contributed by atoms with E-state index in [9.17, 15) is 4.79 Å². The number of allylic oxidation sites excluding steroid dienone is 2. The van der Waals surface area contributed by atoms with Gasteiger partial charge in [-0.2, -0.15) is 0 Å². The average Bonchev–Trinajstić information content (AvgIpc) is 3.26. The third-order valence-corrected chi connectivity index (χ3v) is 4.18. The molecule has 2 rings (SSSR count). The molecule has 0 aromatic heterocycles. The molecule has 1 fully saturated rings. The minimum Gasteiger partial charge on any atom is -0.444 e. The average molecular weight is 308 g/mol. The third kappa shape index (κ3) is 6.39. The van der Waals surface area contributed by atoms with Crippen LogP contribution in [-0.4, -0.2) is 42.3 Å². The molecule has 1 N–H and O–H groups in total. The van der Waals surface area contributed by atoms with Gasteiger partial charge in [0.1, 0.15) is 5.60 Å². The molecule has 22 heavy (non-hydrogen) atoms. The predicted molar refractivity (Wildman–Crippen MR) is 89.9 cm³/mol. The van der Waals surface area contributed by atoms with Crippen LogP contribution in [0.25, 0.3) is 0 Å². The Hall–Kier alpha value is -1.03. The number of hydrogen-bond donors (Lipinski definition) is 1. The second-order valence-electron chi connectivity index (χ2n) is 7.61. The first-order valence-corrected chi connectivity index (χ1v) is 8.81. The molecular weight excluding hydrogens is 276 g/mol. The Morgan fingerprint density at radius 1 is 1.27 bits per heavy atom. The largest absolute Gasteiger partial charge is 0.444 e. The zero-order valence-electron chi connectivity index (χ0n) is 14.4. The summed E-state index contributed by atoms with van der Waals surface area (Å²) < 4.78 is 5.51. The maximum absolute atomic E-state index is 12.2. The fourth-order valence-corrected chi connectivity index (χ4v) is 2.85. The van der Waals surface area contributed by atoms with Crippen LogP contribution in [0.2, 0.25) is 0 Å². The molecule has 0 aromatic carbocycles. The van der Waals surface area contributed by atoms with E-state index in [0.717, 1.165) is 44.8 Å². The number of hydrogen-bond acceptors (Lipinski definition) is 3. The van der Waals surface area contributed by atoms with Crippen molar-refractivity contribution in [1.82, 2.24) is 10.2 Å². The summed E-state index contributed by atoms with van der Waals surface area (Å²) in [4.78, 5) is 14.2. The lowest BCUT2D eigenvalue weighted by atomic mass is 9.94. The maximum Gasteiger partial charge on any atom is 0.410 e. The van der Waals surface area contributed by atoms with Crippen LogP contribution in [-0.2, 0) is 4.74 Å². The van der Waals surface area contributed by atoms with Crippen LogP contribution in [0.4, 0.5) is 4.79 Å². The minimum absolute atomic E-state index is 0.146. The van der Waals surface area contributed by atoms with Gasteiger partial charge in [0, 0.05) is 12.6 Å². The lowest BCUT2D eigenvalue weighted by Crippen LogP contribution is -2.39. The molecule has 4 heteroatoms. The Kier molecular flexibility index (Phi) is 6.30. The molecule has 0 radical (unpaired) electrons. The first-order valence-electron chi connectivity index (χ1n) is 8.81. The van der Waals surface area contributed by atoms with Crippen molar-refractivity contribution in [3.8, 4) is 0 Å². The van der Waals surface area contributed by atoms with Gasteiger partial charge in [-0.3, -0.25) is 0 Å². The number of nitrogens with zero attached hydrogens (tertiary/aromatic N) is 1. The summed E-state index contributed by atoms with van der Waals surface area (Å²) in [6.45, 7) is 8.66. The molecule has 2 aliphatic carbocycles. The number of nitrogens with one attached hydrogen (secondary N) is 1. The molecule has 1 unspecified atom stereocenters. The summed E-state index contributed by atoms with van der Waals surface area (Å²) in [5.41, 5.74) is -0.406. The van der Waals surface area contributed by atoms with Gasteiger partial charge in [0.25, 0.3) is 0 Å². The fourth-order valence-electron chi connectivity index (χ4n) is 2.85. The summed E-state index contributed by atoms with van der Waals surface area (Å²) in [5.74, 6) is 0.787. The normalized spacial score (nSPS) is 21.7. The van der Waals surface area contributed by atoms with E-state index in [0.29, 0.717) is 6.04 Å². The van der Waals surface area contributed by atoms with Crippen LogP contribution in [0, 0.1) is 5.92 Å². The van der Waals surface area contributed by atoms with E-state index in [1.54, 1.807) is 0 Å². The first kappa shape index (κ1) is 17.3. The maximum atomic E-state index is 12.2. The van der Waals surface area contributed by atoms with Crippen LogP contribution < -0.4 is 5.32 Å². The van der Waals surface area contributed by atoms with E-state index in [-0.39, 0.29) is 6.09 Å². The standard InChI is InChI=1S/C18H32N2O2/c1-18(2,3)22-17(21)20(16-10-11-16)13-7-12-19-14-15-8-5-4-6-9-15/h4-5,15-16,19H,6-14H2,1-3H3. The van der Waals surface area contributed by atoms with E-state index < -0.39 is 5.60 Å². The third-order valence-electron chi connectivity index (χ3n) is 4.18. The van der Waals surface area contributed by atoms with Crippen LogP contribution in [0.15, 0.2) is 12.2 Å². The summed E-state index contributed by atoms with van der Waals surface area (Å²) in [7, 11) is 0. The SMILES string of the molecule is CC(C)(C)OC(=O)N(CCCNCC1CC=CCC1)C1CC1. The molecule has 0 aromatic rings. The highest BCUT2D eigenvalue weighted by molar-refractivity contribution is 5.69. The summed E-state index contributed by atoms with van der Waals surface area (Å²) >= 11 is 0. The van der Waals surface area contributed by atoms with E-state index in [2.05, 4.69) is 17.5 Å². The zero-order valence-corrected chi connectivity index (χ0v) is 14.4. The monoisotopic (exact) mass is 308 g/mol. The van der Waals surface area contributed by atoms with Crippen LogP contribution in [0.5, 0.6) is 0 Å². The molecule has 1 amide bonds. The van der Waals surface area contributed by atoms with Gasteiger partial charge in [-0.25, -0.2) is 4.79 Å². The number of ether oxygens (including phenoxy) is 1. The number of amides is 1. The molecule has 0 aliphatic heterocycles. The van der Waals surface area contributed by atoms with Gasteiger partial charge in [-0.1, -0.05) is 12.2 Å². The molecule has 1 saturated carbocycles. The summed E-state index contributed by atoms with van der Waals surface area (Å²) in [6, 6.07) is 0.415. The Bertz CT molecular complexity index is 383. The molecule has 0 spiro atoms. The second kappa shape index (κ2) is 8.00. The van der Waals surface area contributed by atoms with Crippen molar-refractivity contribution >= 4 is 6.09 Å². The second-order valence-corrected chi connectivity index (χ2v) is 7.61. The quantitative estimate of drug-likeness (QED) is 0.575. The van der Waals surface area contributed by atoms with E-state index in [1.165, 1.54) is 19.3 Å². The predicted octanol–water partition coefficient (Wildman–Crippen LogP) is 3.72. The van der Waals surface area contributed by atoms with E-state index >= 15 is 0 Å². The van der Waals surface area contributed by atoms with Crippen molar-refractivity contribution < 1.29 is 9.53 Å². The molecule has 4 nitrogen and oxygen atoms in total. The van der Waals surface area contributed by atoms with Crippen molar-refractivity contribution in [3.63, 3.8) is 0 Å². The van der Waals surface area contributed by atoms with Gasteiger partial charge in [-0.05, 0) is 78.3 Å². The molecular formula is C18H32N2O2. The van der Waals surface area contributed by atoms with Crippen molar-refractivity contribution in [2.45, 2.75) is 70.9 Å². The zero-order chi connectivity index (χ0) is 16.0. The van der Waals surface area contributed by atoms with E-state index in [1.807, 2.05) is 25.7 Å². The molecule has 0 bridgehead atoms. The molecule has 126 valence electrons. The molecule has 1 atom stereocenters. The molecule has 0 heterocycles. The summed E-state index contributed by atoms with van der Waals surface area (Å²) in [5, 5.41) is 3.54. The van der Waals surface area contributed by atoms with E-state index in [4.69, 9.17) is 4.74 Å². The first-order chi connectivity index (χ1) is 10.5. The summed E-state index contributed by atoms with van der Waals surface area (Å²) in [6.07, 6.45) is 11.4. The van der Waals surface area contributed by atoms with Gasteiger partial charge in [0.15, 0.2) is 0 Å². The number of carbonyl (C=O) groups excluding carboxylic acids is 1. The number of rotatable bonds is 7. The molecule has 0 saturated heterocycles. The smallest absolute Gasteiger partial charge is 0.410 e. The highest BCUT2D eigenvalue weighted by Crippen LogP contribution is 2.28. The lowest BCUT2D eigenvalue weighted by molar-refractivity contribution is 0.0232. The van der Waals surface area contributed by atoms with Crippen molar-refractivity contribution in [3.05, 3.63) is 12.2 Å². The van der Waals surface area contributed by atoms with Gasteiger partial charge >= 0.3 is 6.09 Å². The van der Waals surface area contributed by atoms with Crippen molar-refractivity contribution in [2.24, 2.45) is 5.92 Å². The fraction of sp³-hybridized carbons (Fsp3) is 0.833. The topological polar surface area (TPSA) is 41.6 Å². The van der Waals surface area contributed by atoms with Gasteiger partial charge in [-0.15, -0.1) is 0 Å². The van der Waals surface area contributed by atoms with Gasteiger partial charge in [0.05, 0.1) is 0 Å². The van der Waals surface area contributed by atoms with Crippen LogP contribution in [0.3, 0.4) is 0 Å². The Labute approximate surface area is 135 Å². The van der Waals surface area contributed by atoms with Gasteiger partial charge < -0.3 is 15.0 Å². The highest BCUT2D eigenvalue weighted by Gasteiger charge is 2.34. The van der Waals surface area contributed by atoms with Crippen molar-refractivity contribution in [1.29, 1.82) is 0 Å². The van der Waals surface area contributed by atoms with Gasteiger partial charge in [0.2, 0.25) is 0 Å². The van der Waals surface area contributed by atoms with Crippen molar-refractivity contribution in [2.75, 3.05) is 19.6 Å². The Morgan fingerprint density at radius 3 is 2.64 bits per heavy atom. The Balaban J connectivity index is 1.62. The minimum atomic E-state index is -0.406. The lowest BCUT2D eigenvalue weighted by Gasteiger charge is -2.27.